The van der Waals surface area contributed by atoms with Gasteiger partial charge in [-0.3, -0.25) is 0 Å². The van der Waals surface area contributed by atoms with Crippen LogP contribution in [0.3, 0.4) is 0 Å². The van der Waals surface area contributed by atoms with Crippen molar-refractivity contribution in [1.29, 1.82) is 0 Å². The Kier molecular flexibility index (Phi) is 3.54. The molecule has 0 aromatic carbocycles. The maximum absolute atomic E-state index is 5.83. The van der Waals surface area contributed by atoms with Crippen LogP contribution in [0, 0.1) is 0 Å². The van der Waals surface area contributed by atoms with Gasteiger partial charge in [0.1, 0.15) is 18.0 Å². The number of nitrogens with zero attached hydrogens (tertiary/aromatic N) is 3. The van der Waals surface area contributed by atoms with Gasteiger partial charge in [-0.25, -0.2) is 9.97 Å². The molecule has 0 aliphatic rings. The molecule has 2 aromatic rings. The van der Waals surface area contributed by atoms with Gasteiger partial charge in [0, 0.05) is 11.6 Å². The van der Waals surface area contributed by atoms with Crippen molar-refractivity contribution >= 4 is 11.6 Å². The fourth-order valence-corrected chi connectivity index (χ4v) is 1.58. The number of hydrogen-bond acceptors (Lipinski definition) is 6. The molecular formula is C11H15N5O. The highest BCUT2D eigenvalue weighted by Crippen LogP contribution is 2.19. The van der Waals surface area contributed by atoms with Crippen molar-refractivity contribution in [3.63, 3.8) is 0 Å². The maximum atomic E-state index is 5.83. The van der Waals surface area contributed by atoms with Crippen LogP contribution < -0.4 is 11.1 Å². The van der Waals surface area contributed by atoms with E-state index in [0.717, 1.165) is 30.0 Å². The van der Waals surface area contributed by atoms with E-state index in [2.05, 4.69) is 27.4 Å². The summed E-state index contributed by atoms with van der Waals surface area (Å²) < 4.78 is 5.00. The summed E-state index contributed by atoms with van der Waals surface area (Å²) in [5, 5.41) is 6.81. The Morgan fingerprint density at radius 1 is 1.41 bits per heavy atom. The minimum absolute atomic E-state index is 0.530. The highest BCUT2D eigenvalue weighted by atomic mass is 16.5. The van der Waals surface area contributed by atoms with Crippen LogP contribution in [0.2, 0.25) is 0 Å². The van der Waals surface area contributed by atoms with Crippen LogP contribution >= 0.6 is 0 Å². The second kappa shape index (κ2) is 5.29. The maximum Gasteiger partial charge on any atom is 0.155 e. The van der Waals surface area contributed by atoms with Gasteiger partial charge >= 0.3 is 0 Å². The molecule has 0 saturated carbocycles. The van der Waals surface area contributed by atoms with E-state index in [4.69, 9.17) is 10.3 Å². The van der Waals surface area contributed by atoms with Gasteiger partial charge in [0.15, 0.2) is 5.76 Å². The lowest BCUT2D eigenvalue weighted by Crippen LogP contribution is -2.08. The summed E-state index contributed by atoms with van der Waals surface area (Å²) in [4.78, 5) is 8.19. The van der Waals surface area contributed by atoms with Gasteiger partial charge in [-0.1, -0.05) is 18.5 Å². The Balaban J connectivity index is 2.11. The zero-order valence-corrected chi connectivity index (χ0v) is 9.68. The molecular weight excluding hydrogens is 218 g/mol. The van der Waals surface area contributed by atoms with Crippen molar-refractivity contribution in [2.24, 2.45) is 0 Å². The van der Waals surface area contributed by atoms with E-state index in [1.165, 1.54) is 6.33 Å². The highest BCUT2D eigenvalue weighted by Gasteiger charge is 2.08. The molecule has 0 saturated heterocycles. The molecule has 0 bridgehead atoms. The molecule has 3 N–H and O–H groups in total. The molecule has 0 aliphatic carbocycles. The molecule has 6 heteroatoms. The molecule has 0 atom stereocenters. The third-order valence-electron chi connectivity index (χ3n) is 2.40. The van der Waals surface area contributed by atoms with E-state index in [-0.39, 0.29) is 0 Å². The van der Waals surface area contributed by atoms with Crippen molar-refractivity contribution < 1.29 is 4.52 Å². The summed E-state index contributed by atoms with van der Waals surface area (Å²) >= 11 is 0. The largest absolute Gasteiger partial charge is 0.383 e. The second-order valence-corrected chi connectivity index (χ2v) is 3.67. The first-order valence-corrected chi connectivity index (χ1v) is 5.54. The zero-order valence-electron chi connectivity index (χ0n) is 9.68. The first-order valence-electron chi connectivity index (χ1n) is 5.54. The number of rotatable bonds is 5. The van der Waals surface area contributed by atoms with Crippen molar-refractivity contribution in [1.82, 2.24) is 15.1 Å². The second-order valence-electron chi connectivity index (χ2n) is 3.67. The predicted octanol–water partition coefficient (Wildman–Crippen LogP) is 1.61. The monoisotopic (exact) mass is 233 g/mol. The minimum Gasteiger partial charge on any atom is -0.383 e. The predicted molar refractivity (Wildman–Crippen MR) is 64.3 cm³/mol. The molecule has 6 nitrogen and oxygen atoms in total. The van der Waals surface area contributed by atoms with Gasteiger partial charge in [-0.15, -0.1) is 0 Å². The lowest BCUT2D eigenvalue weighted by Gasteiger charge is -2.10. The van der Waals surface area contributed by atoms with Gasteiger partial charge in [0.05, 0.1) is 12.7 Å². The molecule has 2 heterocycles. The normalized spacial score (nSPS) is 10.4. The average molecular weight is 233 g/mol. The van der Waals surface area contributed by atoms with Crippen LogP contribution in [0.1, 0.15) is 24.7 Å². The van der Waals surface area contributed by atoms with E-state index < -0.39 is 0 Å². The molecule has 0 fully saturated rings. The van der Waals surface area contributed by atoms with Gasteiger partial charge in [-0.2, -0.15) is 0 Å². The molecule has 0 unspecified atom stereocenters. The molecule has 0 spiro atoms. The van der Waals surface area contributed by atoms with Crippen LogP contribution in [0.25, 0.3) is 0 Å². The van der Waals surface area contributed by atoms with Gasteiger partial charge in [-0.05, 0) is 6.42 Å². The van der Waals surface area contributed by atoms with Crippen LogP contribution in [-0.2, 0) is 13.0 Å². The Morgan fingerprint density at radius 3 is 3.00 bits per heavy atom. The summed E-state index contributed by atoms with van der Waals surface area (Å²) in [6.07, 6.45) is 4.91. The molecule has 90 valence electrons. The first-order chi connectivity index (χ1) is 8.31. The number of nitrogen functional groups attached to an aromatic ring is 1. The Bertz CT molecular complexity index is 469. The smallest absolute Gasteiger partial charge is 0.155 e. The van der Waals surface area contributed by atoms with Gasteiger partial charge in [0.25, 0.3) is 0 Å². The van der Waals surface area contributed by atoms with Gasteiger partial charge < -0.3 is 15.6 Å². The third-order valence-corrected chi connectivity index (χ3v) is 2.40. The Hall–Kier alpha value is -2.11. The SMILES string of the molecule is CCCc1c(N)ncnc1NCc1ccno1. The van der Waals surface area contributed by atoms with Gasteiger partial charge in [0.2, 0.25) is 0 Å². The summed E-state index contributed by atoms with van der Waals surface area (Å²) in [6.45, 7) is 2.62. The van der Waals surface area contributed by atoms with Crippen molar-refractivity contribution in [3.05, 3.63) is 29.9 Å². The third kappa shape index (κ3) is 2.72. The highest BCUT2D eigenvalue weighted by molar-refractivity contribution is 5.54. The molecule has 2 rings (SSSR count). The van der Waals surface area contributed by atoms with Crippen molar-refractivity contribution in [2.75, 3.05) is 11.1 Å². The van der Waals surface area contributed by atoms with Crippen LogP contribution in [0.15, 0.2) is 23.1 Å². The fraction of sp³-hybridized carbons (Fsp3) is 0.364. The van der Waals surface area contributed by atoms with Crippen LogP contribution in [0.5, 0.6) is 0 Å². The summed E-state index contributed by atoms with van der Waals surface area (Å²) in [6, 6.07) is 1.80. The van der Waals surface area contributed by atoms with E-state index in [0.29, 0.717) is 12.4 Å². The number of anilines is 2. The Morgan fingerprint density at radius 2 is 2.29 bits per heavy atom. The number of nitrogens with two attached hydrogens (primary N) is 1. The molecule has 0 radical (unpaired) electrons. The van der Waals surface area contributed by atoms with E-state index in [1.54, 1.807) is 12.3 Å². The molecule has 17 heavy (non-hydrogen) atoms. The zero-order chi connectivity index (χ0) is 12.1. The summed E-state index contributed by atoms with van der Waals surface area (Å²) in [5.74, 6) is 2.04. The molecule has 2 aromatic heterocycles. The van der Waals surface area contributed by atoms with Crippen LogP contribution in [0.4, 0.5) is 11.6 Å². The first kappa shape index (κ1) is 11.4. The lowest BCUT2D eigenvalue weighted by atomic mass is 10.1. The quantitative estimate of drug-likeness (QED) is 0.815. The summed E-state index contributed by atoms with van der Waals surface area (Å²) in [5.41, 5.74) is 6.78. The number of nitrogens with one attached hydrogen (secondary N) is 1. The number of aromatic nitrogens is 3. The van der Waals surface area contributed by atoms with E-state index in [1.807, 2.05) is 0 Å². The molecule has 0 aliphatic heterocycles. The fourth-order valence-electron chi connectivity index (χ4n) is 1.58. The minimum atomic E-state index is 0.530. The van der Waals surface area contributed by atoms with E-state index >= 15 is 0 Å². The Labute approximate surface area is 99.2 Å². The van der Waals surface area contributed by atoms with E-state index in [9.17, 15) is 0 Å². The van der Waals surface area contributed by atoms with Crippen LogP contribution in [-0.4, -0.2) is 15.1 Å². The average Bonchev–Trinajstić information content (AvgIpc) is 2.83. The molecule has 0 amide bonds. The number of hydrogen-bond donors (Lipinski definition) is 2. The topological polar surface area (TPSA) is 89.9 Å². The van der Waals surface area contributed by atoms with Crippen molar-refractivity contribution in [3.8, 4) is 0 Å². The summed E-state index contributed by atoms with van der Waals surface area (Å²) in [7, 11) is 0. The van der Waals surface area contributed by atoms with Crippen molar-refractivity contribution in [2.45, 2.75) is 26.3 Å². The lowest BCUT2D eigenvalue weighted by molar-refractivity contribution is 0.388. The standard InChI is InChI=1S/C11H15N5O/c1-2-3-9-10(12)14-7-15-11(9)13-6-8-4-5-16-17-8/h4-5,7H,2-3,6H2,1H3,(H3,12,13,14,15).